The zero-order valence-electron chi connectivity index (χ0n) is 10.9. The molecule has 1 aromatic carbocycles. The lowest BCUT2D eigenvalue weighted by atomic mass is 10.0. The molecule has 1 saturated heterocycles. The van der Waals surface area contributed by atoms with Crippen LogP contribution in [0.2, 0.25) is 0 Å². The standard InChI is InChI=1S/C15H22N2/c1-11-9-17(10-12(11)2)15-7-3-6-14-13(15)5-4-8-16-14/h3,6-7,11-12,16H,4-5,8-10H2,1-2H3. The van der Waals surface area contributed by atoms with E-state index in [2.05, 4.69) is 42.3 Å². The van der Waals surface area contributed by atoms with Crippen LogP contribution in [0.3, 0.4) is 0 Å². The summed E-state index contributed by atoms with van der Waals surface area (Å²) in [4.78, 5) is 2.58. The molecular weight excluding hydrogens is 208 g/mol. The molecule has 1 aromatic rings. The van der Waals surface area contributed by atoms with Crippen LogP contribution < -0.4 is 10.2 Å². The molecule has 2 unspecified atom stereocenters. The SMILES string of the molecule is CC1CN(c2cccc3c2CCCN3)CC1C. The van der Waals surface area contributed by atoms with Gasteiger partial charge in [-0.25, -0.2) is 0 Å². The second-order valence-electron chi connectivity index (χ2n) is 5.69. The van der Waals surface area contributed by atoms with E-state index in [1.807, 2.05) is 0 Å². The van der Waals surface area contributed by atoms with Crippen molar-refractivity contribution in [3.05, 3.63) is 23.8 Å². The van der Waals surface area contributed by atoms with E-state index < -0.39 is 0 Å². The molecule has 2 aliphatic rings. The predicted octanol–water partition coefficient (Wildman–Crippen LogP) is 3.14. The van der Waals surface area contributed by atoms with E-state index in [0.717, 1.165) is 18.4 Å². The van der Waals surface area contributed by atoms with Crippen LogP contribution in [0.5, 0.6) is 0 Å². The van der Waals surface area contributed by atoms with Crippen LogP contribution in [0.15, 0.2) is 18.2 Å². The molecule has 0 bridgehead atoms. The van der Waals surface area contributed by atoms with Crippen LogP contribution >= 0.6 is 0 Å². The highest BCUT2D eigenvalue weighted by Gasteiger charge is 2.28. The molecule has 0 radical (unpaired) electrons. The Kier molecular flexibility index (Phi) is 2.73. The first-order valence-corrected chi connectivity index (χ1v) is 6.86. The number of benzene rings is 1. The molecule has 0 amide bonds. The second kappa shape index (κ2) is 4.25. The number of fused-ring (bicyclic) bond motifs is 1. The summed E-state index contributed by atoms with van der Waals surface area (Å²) in [6.45, 7) is 8.31. The molecule has 17 heavy (non-hydrogen) atoms. The van der Waals surface area contributed by atoms with Crippen molar-refractivity contribution in [2.45, 2.75) is 26.7 Å². The van der Waals surface area contributed by atoms with Gasteiger partial charge in [0.25, 0.3) is 0 Å². The average Bonchev–Trinajstić information content (AvgIpc) is 2.69. The van der Waals surface area contributed by atoms with Crippen molar-refractivity contribution in [2.75, 3.05) is 29.9 Å². The number of hydrogen-bond donors (Lipinski definition) is 1. The molecule has 2 aliphatic heterocycles. The first kappa shape index (κ1) is 10.9. The number of nitrogens with one attached hydrogen (secondary N) is 1. The van der Waals surface area contributed by atoms with Gasteiger partial charge in [-0.1, -0.05) is 19.9 Å². The molecule has 2 heteroatoms. The Bertz CT molecular complexity index is 403. The molecule has 0 aliphatic carbocycles. The number of nitrogens with zero attached hydrogens (tertiary/aromatic N) is 1. The molecule has 3 rings (SSSR count). The highest BCUT2D eigenvalue weighted by atomic mass is 15.2. The monoisotopic (exact) mass is 230 g/mol. The van der Waals surface area contributed by atoms with Crippen LogP contribution in [0.25, 0.3) is 0 Å². The maximum atomic E-state index is 3.52. The van der Waals surface area contributed by atoms with E-state index in [4.69, 9.17) is 0 Å². The van der Waals surface area contributed by atoms with Crippen molar-refractivity contribution in [1.29, 1.82) is 0 Å². The summed E-state index contributed by atoms with van der Waals surface area (Å²) in [5, 5.41) is 3.52. The Labute approximate surface area is 104 Å². The highest BCUT2D eigenvalue weighted by molar-refractivity contribution is 5.68. The van der Waals surface area contributed by atoms with Crippen molar-refractivity contribution in [3.8, 4) is 0 Å². The zero-order valence-corrected chi connectivity index (χ0v) is 10.9. The summed E-state index contributed by atoms with van der Waals surface area (Å²) in [6, 6.07) is 6.72. The molecular formula is C15H22N2. The van der Waals surface area contributed by atoms with Crippen molar-refractivity contribution in [3.63, 3.8) is 0 Å². The molecule has 0 spiro atoms. The summed E-state index contributed by atoms with van der Waals surface area (Å²) in [5.74, 6) is 1.64. The first-order valence-electron chi connectivity index (χ1n) is 6.86. The lowest BCUT2D eigenvalue weighted by molar-refractivity contribution is 0.494. The third-order valence-electron chi connectivity index (χ3n) is 4.40. The minimum atomic E-state index is 0.822. The Morgan fingerprint density at radius 3 is 2.71 bits per heavy atom. The highest BCUT2D eigenvalue weighted by Crippen LogP contribution is 2.35. The van der Waals surface area contributed by atoms with Crippen LogP contribution in [-0.4, -0.2) is 19.6 Å². The maximum absolute atomic E-state index is 3.52. The zero-order chi connectivity index (χ0) is 11.8. The molecule has 0 saturated carbocycles. The Morgan fingerprint density at radius 2 is 1.94 bits per heavy atom. The van der Waals surface area contributed by atoms with Gasteiger partial charge in [0, 0.05) is 31.0 Å². The fraction of sp³-hybridized carbons (Fsp3) is 0.600. The van der Waals surface area contributed by atoms with Crippen LogP contribution in [0, 0.1) is 11.8 Å². The van der Waals surface area contributed by atoms with Gasteiger partial charge in [-0.15, -0.1) is 0 Å². The summed E-state index contributed by atoms with van der Waals surface area (Å²) >= 11 is 0. The average molecular weight is 230 g/mol. The first-order chi connectivity index (χ1) is 8.25. The van der Waals surface area contributed by atoms with Crippen molar-refractivity contribution in [1.82, 2.24) is 0 Å². The number of hydrogen-bond acceptors (Lipinski definition) is 2. The fourth-order valence-corrected chi connectivity index (χ4v) is 3.11. The van der Waals surface area contributed by atoms with Crippen LogP contribution in [0.4, 0.5) is 11.4 Å². The lowest BCUT2D eigenvalue weighted by Gasteiger charge is -2.27. The summed E-state index contributed by atoms with van der Waals surface area (Å²) in [7, 11) is 0. The van der Waals surface area contributed by atoms with Gasteiger partial charge >= 0.3 is 0 Å². The fourth-order valence-electron chi connectivity index (χ4n) is 3.11. The minimum absolute atomic E-state index is 0.822. The largest absolute Gasteiger partial charge is 0.385 e. The van der Waals surface area contributed by atoms with E-state index in [9.17, 15) is 0 Å². The predicted molar refractivity (Wildman–Crippen MR) is 73.8 cm³/mol. The molecule has 0 aromatic heterocycles. The molecule has 92 valence electrons. The third-order valence-corrected chi connectivity index (χ3v) is 4.40. The van der Waals surface area contributed by atoms with Gasteiger partial charge in [0.2, 0.25) is 0 Å². The van der Waals surface area contributed by atoms with Crippen molar-refractivity contribution < 1.29 is 0 Å². The van der Waals surface area contributed by atoms with Gasteiger partial charge in [-0.05, 0) is 42.4 Å². The van der Waals surface area contributed by atoms with Crippen molar-refractivity contribution >= 4 is 11.4 Å². The topological polar surface area (TPSA) is 15.3 Å². The summed E-state index contributed by atoms with van der Waals surface area (Å²) in [5.41, 5.74) is 4.38. The Balaban J connectivity index is 1.93. The van der Waals surface area contributed by atoms with Crippen LogP contribution in [0.1, 0.15) is 25.8 Å². The molecule has 2 atom stereocenters. The number of rotatable bonds is 1. The maximum Gasteiger partial charge on any atom is 0.0419 e. The normalized spacial score (nSPS) is 27.8. The van der Waals surface area contributed by atoms with E-state index in [-0.39, 0.29) is 0 Å². The third kappa shape index (κ3) is 1.90. The van der Waals surface area contributed by atoms with E-state index in [1.165, 1.54) is 37.3 Å². The quantitative estimate of drug-likeness (QED) is 0.797. The van der Waals surface area contributed by atoms with Crippen LogP contribution in [-0.2, 0) is 6.42 Å². The molecule has 1 fully saturated rings. The molecule has 2 heterocycles. The smallest absolute Gasteiger partial charge is 0.0419 e. The van der Waals surface area contributed by atoms with Gasteiger partial charge in [0.15, 0.2) is 0 Å². The van der Waals surface area contributed by atoms with E-state index >= 15 is 0 Å². The minimum Gasteiger partial charge on any atom is -0.385 e. The van der Waals surface area contributed by atoms with E-state index in [0.29, 0.717) is 0 Å². The summed E-state index contributed by atoms with van der Waals surface area (Å²) < 4.78 is 0. The Hall–Kier alpha value is -1.18. The Morgan fingerprint density at radius 1 is 1.18 bits per heavy atom. The number of anilines is 2. The molecule has 2 nitrogen and oxygen atoms in total. The van der Waals surface area contributed by atoms with Gasteiger partial charge in [-0.3, -0.25) is 0 Å². The second-order valence-corrected chi connectivity index (χ2v) is 5.69. The summed E-state index contributed by atoms with van der Waals surface area (Å²) in [6.07, 6.45) is 2.50. The van der Waals surface area contributed by atoms with Gasteiger partial charge in [-0.2, -0.15) is 0 Å². The lowest BCUT2D eigenvalue weighted by Crippen LogP contribution is -2.23. The van der Waals surface area contributed by atoms with Gasteiger partial charge in [0.1, 0.15) is 0 Å². The molecule has 1 N–H and O–H groups in total. The van der Waals surface area contributed by atoms with Gasteiger partial charge < -0.3 is 10.2 Å². The van der Waals surface area contributed by atoms with Crippen molar-refractivity contribution in [2.24, 2.45) is 11.8 Å². The van der Waals surface area contributed by atoms with E-state index in [1.54, 1.807) is 5.56 Å². The van der Waals surface area contributed by atoms with Gasteiger partial charge in [0.05, 0.1) is 0 Å².